The van der Waals surface area contributed by atoms with Gasteiger partial charge in [0.25, 0.3) is 5.69 Å². The maximum Gasteiger partial charge on any atom is 0.272 e. The summed E-state index contributed by atoms with van der Waals surface area (Å²) in [6, 6.07) is 7.32. The molecule has 3 heteroatoms. The van der Waals surface area contributed by atoms with Gasteiger partial charge in [-0.1, -0.05) is 0 Å². The zero-order chi connectivity index (χ0) is 7.56. The highest BCUT2D eigenvalue weighted by Gasteiger charge is 2.06. The van der Waals surface area contributed by atoms with E-state index >= 15 is 0 Å². The van der Waals surface area contributed by atoms with Gasteiger partial charge in [0, 0.05) is 11.6 Å². The zero-order valence-corrected chi connectivity index (χ0v) is 5.50. The van der Waals surface area contributed by atoms with Crippen molar-refractivity contribution in [1.29, 1.82) is 0 Å². The second-order valence-electron chi connectivity index (χ2n) is 1.97. The van der Waals surface area contributed by atoms with Crippen LogP contribution in [0.25, 0.3) is 0 Å². The molecule has 51 valence electrons. The van der Waals surface area contributed by atoms with Crippen molar-refractivity contribution in [2.24, 2.45) is 0 Å². The Hall–Kier alpha value is -1.38. The molecule has 1 radical (unpaired) electrons. The molecule has 0 aliphatic rings. The Morgan fingerprint density at radius 2 is 2.40 bits per heavy atom. The summed E-state index contributed by atoms with van der Waals surface area (Å²) in [4.78, 5) is 9.81. The van der Waals surface area contributed by atoms with Crippen LogP contribution >= 0.6 is 0 Å². The van der Waals surface area contributed by atoms with Crippen LogP contribution in [0, 0.1) is 23.1 Å². The fourth-order valence-corrected chi connectivity index (χ4v) is 0.710. The predicted molar refractivity (Wildman–Crippen MR) is 36.7 cm³/mol. The van der Waals surface area contributed by atoms with E-state index in [2.05, 4.69) is 6.07 Å². The molecule has 0 aliphatic heterocycles. The van der Waals surface area contributed by atoms with Gasteiger partial charge in [-0.25, -0.2) is 0 Å². The van der Waals surface area contributed by atoms with E-state index in [0.29, 0.717) is 5.56 Å². The molecule has 0 aliphatic carbocycles. The van der Waals surface area contributed by atoms with E-state index in [1.165, 1.54) is 12.1 Å². The maximum atomic E-state index is 10.2. The van der Waals surface area contributed by atoms with Gasteiger partial charge in [-0.05, 0) is 25.1 Å². The minimum Gasteiger partial charge on any atom is -0.258 e. The summed E-state index contributed by atoms with van der Waals surface area (Å²) in [5.74, 6) is 0. The lowest BCUT2D eigenvalue weighted by Crippen LogP contribution is -1.89. The summed E-state index contributed by atoms with van der Waals surface area (Å²) in [6.07, 6.45) is 0. The lowest BCUT2D eigenvalue weighted by molar-refractivity contribution is -0.385. The summed E-state index contributed by atoms with van der Waals surface area (Å²) in [5.41, 5.74) is 0.797. The highest BCUT2D eigenvalue weighted by atomic mass is 16.6. The van der Waals surface area contributed by atoms with Crippen LogP contribution in [0.3, 0.4) is 0 Å². The Labute approximate surface area is 58.4 Å². The number of aryl methyl sites for hydroxylation is 1. The van der Waals surface area contributed by atoms with Crippen LogP contribution < -0.4 is 0 Å². The highest BCUT2D eigenvalue weighted by Crippen LogP contribution is 2.14. The van der Waals surface area contributed by atoms with Crippen LogP contribution in [0.4, 0.5) is 5.69 Å². The van der Waals surface area contributed by atoms with Gasteiger partial charge in [-0.3, -0.25) is 10.1 Å². The van der Waals surface area contributed by atoms with E-state index in [4.69, 9.17) is 0 Å². The average molecular weight is 136 g/mol. The smallest absolute Gasteiger partial charge is 0.258 e. The molecule has 1 aromatic carbocycles. The normalized spacial score (nSPS) is 9.30. The molecular weight excluding hydrogens is 130 g/mol. The summed E-state index contributed by atoms with van der Waals surface area (Å²) in [7, 11) is 0. The number of nitro benzene ring substituents is 1. The molecule has 3 nitrogen and oxygen atoms in total. The van der Waals surface area contributed by atoms with Gasteiger partial charge in [-0.15, -0.1) is 0 Å². The molecule has 10 heavy (non-hydrogen) atoms. The molecule has 0 N–H and O–H groups in total. The monoisotopic (exact) mass is 136 g/mol. The Balaban J connectivity index is 3.15. The predicted octanol–water partition coefficient (Wildman–Crippen LogP) is 1.70. The minimum atomic E-state index is -0.400. The van der Waals surface area contributed by atoms with Crippen LogP contribution in [0.5, 0.6) is 0 Å². The Kier molecular flexibility index (Phi) is 1.67. The quantitative estimate of drug-likeness (QED) is 0.435. The number of nitro groups is 1. The second kappa shape index (κ2) is 2.47. The SMILES string of the molecule is Cc1c[c]ccc1[N+](=O)[O-]. The molecule has 0 saturated heterocycles. The van der Waals surface area contributed by atoms with E-state index in [1.807, 2.05) is 0 Å². The van der Waals surface area contributed by atoms with E-state index in [0.717, 1.165) is 0 Å². The third-order valence-electron chi connectivity index (χ3n) is 1.24. The van der Waals surface area contributed by atoms with Crippen molar-refractivity contribution in [2.75, 3.05) is 0 Å². The van der Waals surface area contributed by atoms with Gasteiger partial charge < -0.3 is 0 Å². The topological polar surface area (TPSA) is 43.1 Å². The van der Waals surface area contributed by atoms with E-state index in [9.17, 15) is 10.1 Å². The van der Waals surface area contributed by atoms with E-state index < -0.39 is 4.92 Å². The third kappa shape index (κ3) is 1.13. The Morgan fingerprint density at radius 3 is 2.80 bits per heavy atom. The lowest BCUT2D eigenvalue weighted by Gasteiger charge is -1.92. The first kappa shape index (κ1) is 6.74. The Bertz CT molecular complexity index is 258. The Morgan fingerprint density at radius 1 is 1.70 bits per heavy atom. The minimum absolute atomic E-state index is 0.152. The summed E-state index contributed by atoms with van der Waals surface area (Å²) < 4.78 is 0. The summed E-state index contributed by atoms with van der Waals surface area (Å²) in [5, 5.41) is 10.2. The van der Waals surface area contributed by atoms with Crippen molar-refractivity contribution in [3.8, 4) is 0 Å². The molecular formula is C7H6NO2. The first-order valence-electron chi connectivity index (χ1n) is 2.83. The molecule has 0 heterocycles. The molecule has 0 bridgehead atoms. The molecule has 0 saturated carbocycles. The van der Waals surface area contributed by atoms with Gasteiger partial charge in [0.1, 0.15) is 0 Å². The van der Waals surface area contributed by atoms with Gasteiger partial charge >= 0.3 is 0 Å². The molecule has 0 amide bonds. The van der Waals surface area contributed by atoms with Crippen molar-refractivity contribution in [3.05, 3.63) is 39.9 Å². The highest BCUT2D eigenvalue weighted by molar-refractivity contribution is 5.37. The van der Waals surface area contributed by atoms with Crippen LogP contribution in [-0.4, -0.2) is 4.92 Å². The van der Waals surface area contributed by atoms with E-state index in [-0.39, 0.29) is 5.69 Å². The number of nitrogens with zero attached hydrogens (tertiary/aromatic N) is 1. The van der Waals surface area contributed by atoms with Gasteiger partial charge in [0.15, 0.2) is 0 Å². The molecule has 0 unspecified atom stereocenters. The van der Waals surface area contributed by atoms with Gasteiger partial charge in [-0.2, -0.15) is 0 Å². The van der Waals surface area contributed by atoms with Crippen molar-refractivity contribution in [1.82, 2.24) is 0 Å². The fourth-order valence-electron chi connectivity index (χ4n) is 0.710. The first-order valence-corrected chi connectivity index (χ1v) is 2.83. The van der Waals surface area contributed by atoms with Gasteiger partial charge in [0.2, 0.25) is 0 Å². The number of hydrogen-bond donors (Lipinski definition) is 0. The summed E-state index contributed by atoms with van der Waals surface area (Å²) in [6.45, 7) is 1.69. The molecule has 0 aromatic heterocycles. The van der Waals surface area contributed by atoms with Crippen molar-refractivity contribution in [2.45, 2.75) is 6.92 Å². The molecule has 1 aromatic rings. The van der Waals surface area contributed by atoms with Crippen LogP contribution in [-0.2, 0) is 0 Å². The van der Waals surface area contributed by atoms with Crippen LogP contribution in [0.2, 0.25) is 0 Å². The molecule has 0 spiro atoms. The average Bonchev–Trinajstić information content (AvgIpc) is 1.88. The van der Waals surface area contributed by atoms with Crippen LogP contribution in [0.15, 0.2) is 18.2 Å². The molecule has 0 atom stereocenters. The largest absolute Gasteiger partial charge is 0.272 e. The zero-order valence-electron chi connectivity index (χ0n) is 5.50. The van der Waals surface area contributed by atoms with Crippen LogP contribution in [0.1, 0.15) is 5.56 Å². The number of benzene rings is 1. The van der Waals surface area contributed by atoms with Gasteiger partial charge in [0.05, 0.1) is 4.92 Å². The lowest BCUT2D eigenvalue weighted by atomic mass is 10.2. The molecule has 0 fully saturated rings. The number of hydrogen-bond acceptors (Lipinski definition) is 2. The van der Waals surface area contributed by atoms with E-state index in [1.54, 1.807) is 13.0 Å². The fraction of sp³-hybridized carbons (Fsp3) is 0.143. The molecule has 1 rings (SSSR count). The van der Waals surface area contributed by atoms with Crippen molar-refractivity contribution < 1.29 is 4.92 Å². The van der Waals surface area contributed by atoms with Crippen molar-refractivity contribution in [3.63, 3.8) is 0 Å². The second-order valence-corrected chi connectivity index (χ2v) is 1.97. The third-order valence-corrected chi connectivity index (χ3v) is 1.24. The first-order chi connectivity index (χ1) is 4.72. The van der Waals surface area contributed by atoms with Crippen molar-refractivity contribution >= 4 is 5.69 Å². The maximum absolute atomic E-state index is 10.2. The summed E-state index contributed by atoms with van der Waals surface area (Å²) >= 11 is 0. The number of rotatable bonds is 1. The standard InChI is InChI=1S/C7H6NO2/c1-6-4-2-3-5-7(6)8(9)10/h3-5H,1H3.